The molecule has 6 nitrogen and oxygen atoms in total. The van der Waals surface area contributed by atoms with Gasteiger partial charge in [-0.25, -0.2) is 0 Å². The van der Waals surface area contributed by atoms with E-state index in [9.17, 15) is 13.2 Å². The van der Waals surface area contributed by atoms with Crippen LogP contribution in [-0.2, 0) is 11.6 Å². The van der Waals surface area contributed by atoms with E-state index in [0.29, 0.717) is 17.3 Å². The monoisotopic (exact) mass is 508 g/mol. The van der Waals surface area contributed by atoms with Gasteiger partial charge in [0.15, 0.2) is 0 Å². The zero-order chi connectivity index (χ0) is 26.4. The Morgan fingerprint density at radius 3 is 1.63 bits per heavy atom. The van der Waals surface area contributed by atoms with Crippen LogP contribution < -0.4 is 37.7 Å². The van der Waals surface area contributed by atoms with Crippen LogP contribution in [-0.4, -0.2) is 29.1 Å². The van der Waals surface area contributed by atoms with Gasteiger partial charge in [-0.3, -0.25) is 9.97 Å². The Bertz CT molecular complexity index is 1390. The molecule has 0 aliphatic heterocycles. The van der Waals surface area contributed by atoms with Gasteiger partial charge in [0.05, 0.1) is 11.6 Å². The molecule has 0 bridgehead atoms. The Labute approximate surface area is 245 Å². The van der Waals surface area contributed by atoms with Crippen LogP contribution in [0.2, 0.25) is 0 Å². The standard InChI is InChI=1S/C27H29F3N6.2Li/c1-16(2)23-18(5)31-14-35(23)21-12-8-10-19(33-21)26(6,7)20-11-9-13-22(34-20)36-15-32-25(27(28,29)30)24(36)17(3)4;;/h8-13,16-17H,1-7H3;;/q-2;2*+1. The average Bonchev–Trinajstić information content (AvgIpc) is 3.43. The number of imidazole rings is 2. The van der Waals surface area contributed by atoms with Gasteiger partial charge >= 0.3 is 43.9 Å². The van der Waals surface area contributed by atoms with Crippen molar-refractivity contribution in [2.24, 2.45) is 0 Å². The first-order valence-corrected chi connectivity index (χ1v) is 11.8. The first kappa shape index (κ1) is 31.9. The van der Waals surface area contributed by atoms with E-state index in [1.807, 2.05) is 49.6 Å². The summed E-state index contributed by atoms with van der Waals surface area (Å²) >= 11 is 0. The van der Waals surface area contributed by atoms with Crippen molar-refractivity contribution in [2.75, 3.05) is 0 Å². The topological polar surface area (TPSA) is 61.4 Å². The Morgan fingerprint density at radius 2 is 1.18 bits per heavy atom. The summed E-state index contributed by atoms with van der Waals surface area (Å²) in [5.74, 6) is 0.830. The van der Waals surface area contributed by atoms with Gasteiger partial charge in [-0.1, -0.05) is 76.0 Å². The van der Waals surface area contributed by atoms with Gasteiger partial charge in [0, 0.05) is 35.2 Å². The zero-order valence-electron chi connectivity index (χ0n) is 23.4. The third-order valence-electron chi connectivity index (χ3n) is 6.24. The van der Waals surface area contributed by atoms with Crippen molar-refractivity contribution in [1.82, 2.24) is 29.1 Å². The maximum absolute atomic E-state index is 13.6. The summed E-state index contributed by atoms with van der Waals surface area (Å²) in [6.45, 7) is 13.5. The van der Waals surface area contributed by atoms with Crippen molar-refractivity contribution < 1.29 is 50.9 Å². The molecule has 0 aliphatic rings. The molecule has 0 amide bonds. The molecule has 0 N–H and O–H groups in total. The van der Waals surface area contributed by atoms with E-state index in [1.165, 1.54) is 4.57 Å². The van der Waals surface area contributed by atoms with Crippen molar-refractivity contribution in [2.45, 2.75) is 71.9 Å². The average molecular weight is 508 g/mol. The van der Waals surface area contributed by atoms with E-state index < -0.39 is 23.2 Å². The summed E-state index contributed by atoms with van der Waals surface area (Å²) in [5, 5.41) is 0. The van der Waals surface area contributed by atoms with Gasteiger partial charge in [0.25, 0.3) is 0 Å². The normalized spacial score (nSPS) is 12.0. The minimum absolute atomic E-state index is 0. The molecule has 0 saturated carbocycles. The quantitative estimate of drug-likeness (QED) is 0.279. The van der Waals surface area contributed by atoms with Crippen molar-refractivity contribution >= 4 is 0 Å². The number of halogens is 3. The summed E-state index contributed by atoms with van der Waals surface area (Å²) in [6.07, 6.45) is 0.966. The van der Waals surface area contributed by atoms with Crippen LogP contribution in [0.25, 0.3) is 11.6 Å². The van der Waals surface area contributed by atoms with Crippen LogP contribution in [0.1, 0.15) is 87.5 Å². The molecule has 4 rings (SSSR count). The van der Waals surface area contributed by atoms with E-state index >= 15 is 0 Å². The molecule has 190 valence electrons. The SMILES string of the molecule is Cc1n[c-]n(-c2cccc(C(C)(C)c3cccc(-n4[c-]nc(C(F)(F)F)c4C(C)C)n3)n2)c1C(C)C.[Li+].[Li+]. The van der Waals surface area contributed by atoms with Gasteiger partial charge in [-0.15, -0.1) is 0 Å². The molecular weight excluding hydrogens is 479 g/mol. The number of hydrogen-bond acceptors (Lipinski definition) is 4. The van der Waals surface area contributed by atoms with Crippen molar-refractivity contribution in [3.8, 4) is 11.6 Å². The Morgan fingerprint density at radius 1 is 0.737 bits per heavy atom. The molecule has 4 aromatic rings. The predicted molar refractivity (Wildman–Crippen MR) is 130 cm³/mol. The molecule has 0 aliphatic carbocycles. The molecule has 11 heteroatoms. The third-order valence-corrected chi connectivity index (χ3v) is 6.24. The van der Waals surface area contributed by atoms with Gasteiger partial charge in [0.2, 0.25) is 0 Å². The maximum atomic E-state index is 13.6. The molecule has 4 aromatic heterocycles. The van der Waals surface area contributed by atoms with E-state index in [1.54, 1.807) is 26.0 Å². The number of aromatic nitrogens is 6. The Balaban J connectivity index is 0.00000253. The number of alkyl halides is 3. The van der Waals surface area contributed by atoms with E-state index in [-0.39, 0.29) is 49.3 Å². The van der Waals surface area contributed by atoms with Crippen molar-refractivity contribution in [3.63, 3.8) is 0 Å². The second-order valence-electron chi connectivity index (χ2n) is 9.99. The first-order valence-electron chi connectivity index (χ1n) is 11.8. The Kier molecular flexibility index (Phi) is 9.95. The third kappa shape index (κ3) is 5.97. The fourth-order valence-corrected chi connectivity index (χ4v) is 4.40. The minimum atomic E-state index is -4.57. The molecular formula is C27H29F3Li2N6. The number of pyridine rings is 2. The molecule has 0 spiro atoms. The molecule has 4 heterocycles. The van der Waals surface area contributed by atoms with E-state index in [4.69, 9.17) is 9.97 Å². The number of aryl methyl sites for hydroxylation is 1. The molecule has 0 aromatic carbocycles. The summed E-state index contributed by atoms with van der Waals surface area (Å²) in [7, 11) is 0. The molecule has 0 fully saturated rings. The molecule has 0 unspecified atom stereocenters. The van der Waals surface area contributed by atoms with Crippen LogP contribution >= 0.6 is 0 Å². The first-order chi connectivity index (χ1) is 16.8. The fraction of sp³-hybridized carbons (Fsp3) is 0.407. The van der Waals surface area contributed by atoms with E-state index in [2.05, 4.69) is 36.5 Å². The second-order valence-corrected chi connectivity index (χ2v) is 9.99. The van der Waals surface area contributed by atoms with Crippen molar-refractivity contribution in [3.05, 3.63) is 83.2 Å². The van der Waals surface area contributed by atoms with Gasteiger partial charge in [0.1, 0.15) is 0 Å². The molecule has 0 saturated heterocycles. The van der Waals surface area contributed by atoms with Crippen LogP contribution in [0.4, 0.5) is 13.2 Å². The van der Waals surface area contributed by atoms with Crippen LogP contribution in [0.3, 0.4) is 0 Å². The molecule has 0 atom stereocenters. The van der Waals surface area contributed by atoms with Crippen LogP contribution in [0.15, 0.2) is 36.4 Å². The maximum Gasteiger partial charge on any atom is 1.00 e. The fourth-order valence-electron chi connectivity index (χ4n) is 4.40. The number of nitrogens with zero attached hydrogens (tertiary/aromatic N) is 6. The second kappa shape index (κ2) is 11.8. The summed E-state index contributed by atoms with van der Waals surface area (Å²) in [6, 6.07) is 11.0. The van der Waals surface area contributed by atoms with E-state index in [0.717, 1.165) is 17.1 Å². The predicted octanol–water partition coefficient (Wildman–Crippen LogP) is 0.356. The zero-order valence-corrected chi connectivity index (χ0v) is 23.4. The summed E-state index contributed by atoms with van der Waals surface area (Å²) < 4.78 is 43.8. The van der Waals surface area contributed by atoms with Crippen molar-refractivity contribution in [1.29, 1.82) is 0 Å². The number of rotatable bonds is 6. The number of hydrogen-bond donors (Lipinski definition) is 0. The minimum Gasteiger partial charge on any atom is -0.415 e. The van der Waals surface area contributed by atoms with Gasteiger partial charge in [-0.2, -0.15) is 13.2 Å². The largest absolute Gasteiger partial charge is 1.00 e. The van der Waals surface area contributed by atoms with Gasteiger partial charge < -0.3 is 19.1 Å². The smallest absolute Gasteiger partial charge is 0.415 e. The van der Waals surface area contributed by atoms with Gasteiger partial charge in [-0.05, 0) is 37.8 Å². The molecule has 38 heavy (non-hydrogen) atoms. The Hall–Kier alpha value is -2.30. The van der Waals surface area contributed by atoms with Crippen LogP contribution in [0, 0.1) is 19.6 Å². The summed E-state index contributed by atoms with van der Waals surface area (Å²) in [5.41, 5.74) is 1.80. The summed E-state index contributed by atoms with van der Waals surface area (Å²) in [4.78, 5) is 17.5. The van der Waals surface area contributed by atoms with Crippen LogP contribution in [0.5, 0.6) is 0 Å². The molecule has 0 radical (unpaired) electrons.